The molecule has 0 saturated heterocycles. The molecule has 154 valence electrons. The molecular formula is C20H24N4O5. The largest absolute Gasteiger partial charge is 0.633 e. The second-order valence-corrected chi connectivity index (χ2v) is 7.17. The van der Waals surface area contributed by atoms with E-state index >= 15 is 0 Å². The van der Waals surface area contributed by atoms with Crippen molar-refractivity contribution >= 4 is 16.6 Å². The molecule has 0 atom stereocenters. The Hall–Kier alpha value is -3.01. The average Bonchev–Trinajstić information content (AvgIpc) is 3.03. The molecular weight excluding hydrogens is 376 g/mol. The van der Waals surface area contributed by atoms with E-state index in [1.54, 1.807) is 24.8 Å². The second kappa shape index (κ2) is 8.99. The van der Waals surface area contributed by atoms with Crippen LogP contribution in [0.1, 0.15) is 5.56 Å². The van der Waals surface area contributed by atoms with Gasteiger partial charge in [0.05, 0.1) is 49.7 Å². The van der Waals surface area contributed by atoms with Crippen molar-refractivity contribution in [3.05, 3.63) is 69.4 Å². The van der Waals surface area contributed by atoms with Crippen molar-refractivity contribution in [1.82, 2.24) is 9.78 Å². The third-order valence-electron chi connectivity index (χ3n) is 4.35. The summed E-state index contributed by atoms with van der Waals surface area (Å²) in [6.07, 6.45) is 0. The van der Waals surface area contributed by atoms with Gasteiger partial charge < -0.3 is 19.3 Å². The fraction of sp³-hybridized carbons (Fsp3) is 0.350. The van der Waals surface area contributed by atoms with Crippen molar-refractivity contribution in [3.63, 3.8) is 0 Å². The van der Waals surface area contributed by atoms with Gasteiger partial charge in [-0.2, -0.15) is 0 Å². The molecule has 0 aliphatic rings. The van der Waals surface area contributed by atoms with E-state index in [1.165, 1.54) is 12.1 Å². The van der Waals surface area contributed by atoms with Crippen LogP contribution in [0.3, 0.4) is 0 Å². The topological polar surface area (TPSA) is 102 Å². The fourth-order valence-electron chi connectivity index (χ4n) is 2.79. The second-order valence-electron chi connectivity index (χ2n) is 7.17. The summed E-state index contributed by atoms with van der Waals surface area (Å²) in [4.78, 5) is 10.7. The Morgan fingerprint density at radius 1 is 1.14 bits per heavy atom. The first-order chi connectivity index (χ1) is 13.8. The maximum absolute atomic E-state index is 11.6. The molecule has 0 fully saturated rings. The normalized spacial score (nSPS) is 11.7. The summed E-state index contributed by atoms with van der Waals surface area (Å²) in [5.74, 6) is 0.338. The molecule has 0 radical (unpaired) electrons. The van der Waals surface area contributed by atoms with Crippen LogP contribution in [0.15, 0.2) is 48.5 Å². The van der Waals surface area contributed by atoms with Gasteiger partial charge in [0.1, 0.15) is 13.2 Å². The summed E-state index contributed by atoms with van der Waals surface area (Å²) in [5, 5.41) is 27.8. The number of hydrogen-bond donors (Lipinski definition) is 0. The predicted molar refractivity (Wildman–Crippen MR) is 108 cm³/mol. The first-order valence-corrected chi connectivity index (χ1v) is 9.27. The summed E-state index contributed by atoms with van der Waals surface area (Å²) in [5.41, 5.74) is 1.68. The van der Waals surface area contributed by atoms with Gasteiger partial charge in [0, 0.05) is 12.1 Å². The van der Waals surface area contributed by atoms with Crippen LogP contribution < -0.4 is 4.74 Å². The molecule has 9 heteroatoms. The monoisotopic (exact) mass is 400 g/mol. The number of rotatable bonds is 10. The minimum atomic E-state index is -0.441. The van der Waals surface area contributed by atoms with Gasteiger partial charge in [-0.25, -0.2) is 0 Å². The molecule has 0 N–H and O–H groups in total. The van der Waals surface area contributed by atoms with E-state index in [4.69, 9.17) is 9.47 Å². The van der Waals surface area contributed by atoms with Crippen molar-refractivity contribution in [3.8, 4) is 5.88 Å². The number of hydrogen-bond acceptors (Lipinski definition) is 6. The van der Waals surface area contributed by atoms with Crippen molar-refractivity contribution in [2.75, 3.05) is 33.9 Å². The third-order valence-corrected chi connectivity index (χ3v) is 4.35. The lowest BCUT2D eigenvalue weighted by Crippen LogP contribution is -2.35. The van der Waals surface area contributed by atoms with Gasteiger partial charge in [-0.1, -0.05) is 30.3 Å². The van der Waals surface area contributed by atoms with E-state index in [0.717, 1.165) is 11.1 Å². The maximum atomic E-state index is 11.6. The highest BCUT2D eigenvalue weighted by atomic mass is 16.6. The zero-order valence-corrected chi connectivity index (χ0v) is 16.5. The highest BCUT2D eigenvalue weighted by Gasteiger charge is 2.16. The molecule has 29 heavy (non-hydrogen) atoms. The Balaban J connectivity index is 1.75. The van der Waals surface area contributed by atoms with Crippen LogP contribution in [0.4, 0.5) is 5.69 Å². The van der Waals surface area contributed by atoms with Gasteiger partial charge in [-0.05, 0) is 11.6 Å². The highest BCUT2D eigenvalue weighted by Crippen LogP contribution is 2.29. The lowest BCUT2D eigenvalue weighted by molar-refractivity contribution is -0.840. The lowest BCUT2D eigenvalue weighted by atomic mass is 10.2. The van der Waals surface area contributed by atoms with Gasteiger partial charge in [-0.15, -0.1) is 5.10 Å². The van der Waals surface area contributed by atoms with Crippen molar-refractivity contribution < 1.29 is 19.0 Å². The number of benzene rings is 2. The quantitative estimate of drug-likeness (QED) is 0.224. The van der Waals surface area contributed by atoms with E-state index < -0.39 is 9.57 Å². The molecule has 1 aromatic heterocycles. The number of quaternary nitrogens is 1. The third kappa shape index (κ3) is 5.74. The van der Waals surface area contributed by atoms with E-state index in [-0.39, 0.29) is 5.69 Å². The van der Waals surface area contributed by atoms with Crippen LogP contribution in [-0.4, -0.2) is 53.2 Å². The van der Waals surface area contributed by atoms with Crippen molar-refractivity contribution in [2.24, 2.45) is 0 Å². The van der Waals surface area contributed by atoms with Gasteiger partial charge >= 0.3 is 0 Å². The molecule has 0 aliphatic carbocycles. The zero-order valence-electron chi connectivity index (χ0n) is 16.5. The van der Waals surface area contributed by atoms with Crippen LogP contribution in [-0.2, 0) is 17.9 Å². The molecule has 0 unspecified atom stereocenters. The number of aromatic nitrogens is 2. The van der Waals surface area contributed by atoms with Gasteiger partial charge in [-0.3, -0.25) is 14.8 Å². The molecule has 0 amide bonds. The van der Waals surface area contributed by atoms with E-state index in [9.17, 15) is 15.3 Å². The predicted octanol–water partition coefficient (Wildman–Crippen LogP) is 3.11. The first kappa shape index (κ1) is 20.7. The molecule has 9 nitrogen and oxygen atoms in total. The number of likely N-dealkylation sites (N-methyl/N-ethyl adjacent to an activating group) is 1. The van der Waals surface area contributed by atoms with Crippen LogP contribution in [0.25, 0.3) is 10.9 Å². The summed E-state index contributed by atoms with van der Waals surface area (Å²) in [7, 11) is 3.13. The Kier molecular flexibility index (Phi) is 6.42. The van der Waals surface area contributed by atoms with Crippen molar-refractivity contribution in [1.29, 1.82) is 0 Å². The summed E-state index contributed by atoms with van der Waals surface area (Å²) >= 11 is 0. The summed E-state index contributed by atoms with van der Waals surface area (Å²) in [6.45, 7) is 1.82. The standard InChI is InChI=1S/C20H24N4O5/c1-24(2,27)11-13-28-12-10-22-19-9-8-17(23(25)26)14-18(19)20(21-22)29-15-16-6-4-3-5-7-16/h3-9,14H,10-13,15H2,1-2H3. The molecule has 2 aromatic carbocycles. The molecule has 0 saturated carbocycles. The molecule has 3 aromatic rings. The van der Waals surface area contributed by atoms with Gasteiger partial charge in [0.2, 0.25) is 5.88 Å². The summed E-state index contributed by atoms with van der Waals surface area (Å²) < 4.78 is 12.7. The molecule has 0 aliphatic heterocycles. The number of non-ortho nitro benzene ring substituents is 1. The minimum absolute atomic E-state index is 0.0201. The Bertz CT molecular complexity index is 966. The van der Waals surface area contributed by atoms with Crippen molar-refractivity contribution in [2.45, 2.75) is 13.2 Å². The number of ether oxygens (including phenoxy) is 2. The fourth-order valence-corrected chi connectivity index (χ4v) is 2.79. The van der Waals surface area contributed by atoms with Crippen LogP contribution >= 0.6 is 0 Å². The highest BCUT2D eigenvalue weighted by molar-refractivity contribution is 5.86. The average molecular weight is 400 g/mol. The first-order valence-electron chi connectivity index (χ1n) is 9.27. The number of nitro benzene ring substituents is 1. The van der Waals surface area contributed by atoms with Crippen LogP contribution in [0, 0.1) is 15.3 Å². The van der Waals surface area contributed by atoms with Gasteiger partial charge in [0.15, 0.2) is 0 Å². The van der Waals surface area contributed by atoms with Crippen LogP contribution in [0.5, 0.6) is 5.88 Å². The summed E-state index contributed by atoms with van der Waals surface area (Å²) in [6, 6.07) is 14.2. The maximum Gasteiger partial charge on any atom is 0.270 e. The number of nitro groups is 1. The van der Waals surface area contributed by atoms with E-state index in [0.29, 0.717) is 44.2 Å². The smallest absolute Gasteiger partial charge is 0.270 e. The molecule has 0 bridgehead atoms. The number of nitrogens with zero attached hydrogens (tertiary/aromatic N) is 4. The molecule has 0 spiro atoms. The minimum Gasteiger partial charge on any atom is -0.633 e. The van der Waals surface area contributed by atoms with Gasteiger partial charge in [0.25, 0.3) is 5.69 Å². The lowest BCUT2D eigenvalue weighted by Gasteiger charge is -2.33. The Morgan fingerprint density at radius 3 is 2.59 bits per heavy atom. The molecule has 3 rings (SSSR count). The van der Waals surface area contributed by atoms with E-state index in [2.05, 4.69) is 5.10 Å². The zero-order chi connectivity index (χ0) is 20.9. The van der Waals surface area contributed by atoms with E-state index in [1.807, 2.05) is 30.3 Å². The number of hydroxylamine groups is 3. The number of fused-ring (bicyclic) bond motifs is 1. The molecule has 1 heterocycles. The SMILES string of the molecule is C[N+](C)([O-])CCOCCn1nc(OCc2ccccc2)c2cc([N+](=O)[O-])ccc21. The van der Waals surface area contributed by atoms with Crippen LogP contribution in [0.2, 0.25) is 0 Å². The Labute approximate surface area is 168 Å². The Morgan fingerprint density at radius 2 is 1.90 bits per heavy atom.